The van der Waals surface area contributed by atoms with Crippen LogP contribution >= 0.6 is 22.9 Å². The summed E-state index contributed by atoms with van der Waals surface area (Å²) in [6.07, 6.45) is 1.78. The van der Waals surface area contributed by atoms with E-state index in [0.29, 0.717) is 17.5 Å². The molecular weight excluding hydrogens is 232 g/mol. The van der Waals surface area contributed by atoms with Gasteiger partial charge in [-0.3, -0.25) is 0 Å². The summed E-state index contributed by atoms with van der Waals surface area (Å²) in [5, 5.41) is 6.55. The van der Waals surface area contributed by atoms with Gasteiger partial charge in [-0.05, 0) is 6.92 Å². The van der Waals surface area contributed by atoms with Crippen LogP contribution in [0.25, 0.3) is 0 Å². The minimum absolute atomic E-state index is 0.448. The Labute approximate surface area is 96.4 Å². The normalized spacial score (nSPS) is 10.3. The summed E-state index contributed by atoms with van der Waals surface area (Å²) in [6.45, 7) is 2.46. The molecule has 0 aliphatic heterocycles. The minimum atomic E-state index is 0.448. The Morgan fingerprint density at radius 3 is 3.00 bits per heavy atom. The molecule has 0 radical (unpaired) electrons. The number of hydrogen-bond acceptors (Lipinski definition) is 5. The lowest BCUT2D eigenvalue weighted by molar-refractivity contribution is 1.01. The van der Waals surface area contributed by atoms with Crippen molar-refractivity contribution in [3.05, 3.63) is 33.6 Å². The van der Waals surface area contributed by atoms with Gasteiger partial charge in [-0.15, -0.1) is 11.3 Å². The lowest BCUT2D eigenvalue weighted by Crippen LogP contribution is -2.02. The van der Waals surface area contributed by atoms with E-state index in [1.807, 2.05) is 5.38 Å². The Morgan fingerprint density at radius 1 is 1.47 bits per heavy atom. The molecule has 0 aliphatic carbocycles. The molecule has 0 amide bonds. The number of halogens is 1. The van der Waals surface area contributed by atoms with Crippen LogP contribution in [0.1, 0.15) is 10.8 Å². The van der Waals surface area contributed by atoms with Crippen molar-refractivity contribution < 1.29 is 0 Å². The molecule has 0 saturated carbocycles. The molecule has 0 aromatic carbocycles. The number of nitrogens with zero attached hydrogens (tertiary/aromatic N) is 3. The van der Waals surface area contributed by atoms with E-state index in [2.05, 4.69) is 20.3 Å². The second kappa shape index (κ2) is 4.55. The first kappa shape index (κ1) is 10.3. The zero-order valence-corrected chi connectivity index (χ0v) is 9.64. The molecule has 4 nitrogen and oxygen atoms in total. The molecule has 6 heteroatoms. The first-order valence-corrected chi connectivity index (χ1v) is 5.63. The smallest absolute Gasteiger partial charge is 0.134 e. The van der Waals surface area contributed by atoms with Crippen molar-refractivity contribution in [3.8, 4) is 0 Å². The predicted octanol–water partition coefficient (Wildman–Crippen LogP) is 2.51. The Balaban J connectivity index is 2.05. The Morgan fingerprint density at radius 2 is 2.33 bits per heavy atom. The van der Waals surface area contributed by atoms with Crippen LogP contribution < -0.4 is 5.32 Å². The van der Waals surface area contributed by atoms with Gasteiger partial charge in [0.1, 0.15) is 21.8 Å². The SMILES string of the molecule is Cc1nc(Cl)cc(NCc2nccs2)n1. The fourth-order valence-corrected chi connectivity index (χ4v) is 1.91. The van der Waals surface area contributed by atoms with E-state index in [4.69, 9.17) is 11.6 Å². The highest BCUT2D eigenvalue weighted by atomic mass is 35.5. The maximum absolute atomic E-state index is 5.81. The van der Waals surface area contributed by atoms with Crippen LogP contribution in [0.3, 0.4) is 0 Å². The second-order valence-electron chi connectivity index (χ2n) is 2.90. The van der Waals surface area contributed by atoms with Crippen molar-refractivity contribution in [1.82, 2.24) is 15.0 Å². The molecule has 2 rings (SSSR count). The summed E-state index contributed by atoms with van der Waals surface area (Å²) in [6, 6.07) is 1.70. The summed E-state index contributed by atoms with van der Waals surface area (Å²) < 4.78 is 0. The van der Waals surface area contributed by atoms with E-state index < -0.39 is 0 Å². The third-order valence-corrected chi connectivity index (χ3v) is 2.68. The van der Waals surface area contributed by atoms with Crippen LogP contribution in [0.2, 0.25) is 5.15 Å². The van der Waals surface area contributed by atoms with Crippen LogP contribution in [-0.4, -0.2) is 15.0 Å². The fraction of sp³-hybridized carbons (Fsp3) is 0.222. The predicted molar refractivity (Wildman–Crippen MR) is 61.2 cm³/mol. The molecule has 0 atom stereocenters. The number of anilines is 1. The van der Waals surface area contributed by atoms with Crippen molar-refractivity contribution >= 4 is 28.8 Å². The highest BCUT2D eigenvalue weighted by Crippen LogP contribution is 2.12. The van der Waals surface area contributed by atoms with Gasteiger partial charge in [0.2, 0.25) is 0 Å². The van der Waals surface area contributed by atoms with E-state index >= 15 is 0 Å². The highest BCUT2D eigenvalue weighted by molar-refractivity contribution is 7.09. The number of nitrogens with one attached hydrogen (secondary N) is 1. The van der Waals surface area contributed by atoms with Crippen LogP contribution in [0.4, 0.5) is 5.82 Å². The molecule has 2 heterocycles. The van der Waals surface area contributed by atoms with Gasteiger partial charge in [0, 0.05) is 17.6 Å². The molecule has 78 valence electrons. The maximum atomic E-state index is 5.81. The zero-order valence-electron chi connectivity index (χ0n) is 8.07. The topological polar surface area (TPSA) is 50.7 Å². The zero-order chi connectivity index (χ0) is 10.7. The van der Waals surface area contributed by atoms with Crippen LogP contribution in [0.15, 0.2) is 17.6 Å². The molecule has 15 heavy (non-hydrogen) atoms. The molecule has 0 bridgehead atoms. The van der Waals surface area contributed by atoms with E-state index in [9.17, 15) is 0 Å². The van der Waals surface area contributed by atoms with Crippen molar-refractivity contribution in [3.63, 3.8) is 0 Å². The first-order chi connectivity index (χ1) is 7.24. The van der Waals surface area contributed by atoms with Gasteiger partial charge in [-0.25, -0.2) is 15.0 Å². The average Bonchev–Trinajstić information content (AvgIpc) is 2.65. The largest absolute Gasteiger partial charge is 0.363 e. The van der Waals surface area contributed by atoms with Gasteiger partial charge in [0.15, 0.2) is 0 Å². The fourth-order valence-electron chi connectivity index (χ4n) is 1.13. The Hall–Kier alpha value is -1.20. The monoisotopic (exact) mass is 240 g/mol. The van der Waals surface area contributed by atoms with Crippen molar-refractivity contribution in [2.45, 2.75) is 13.5 Å². The standard InChI is InChI=1S/C9H9ClN4S/c1-6-13-7(10)4-8(14-6)12-5-9-11-2-3-15-9/h2-4H,5H2,1H3,(H,12,13,14). The summed E-state index contributed by atoms with van der Waals surface area (Å²) in [4.78, 5) is 12.3. The van der Waals surface area contributed by atoms with Gasteiger partial charge in [-0.2, -0.15) is 0 Å². The van der Waals surface area contributed by atoms with Crippen molar-refractivity contribution in [2.75, 3.05) is 5.32 Å². The number of aryl methyl sites for hydroxylation is 1. The van der Waals surface area contributed by atoms with E-state index in [1.54, 1.807) is 30.5 Å². The molecule has 1 N–H and O–H groups in total. The first-order valence-electron chi connectivity index (χ1n) is 4.37. The molecular formula is C9H9ClN4S. The lowest BCUT2D eigenvalue weighted by Gasteiger charge is -2.04. The van der Waals surface area contributed by atoms with Gasteiger partial charge in [0.05, 0.1) is 6.54 Å². The van der Waals surface area contributed by atoms with Gasteiger partial charge in [0.25, 0.3) is 0 Å². The van der Waals surface area contributed by atoms with Crippen LogP contribution in [0, 0.1) is 6.92 Å². The van der Waals surface area contributed by atoms with Gasteiger partial charge < -0.3 is 5.32 Å². The van der Waals surface area contributed by atoms with Gasteiger partial charge in [-0.1, -0.05) is 11.6 Å². The molecule has 0 unspecified atom stereocenters. The third kappa shape index (κ3) is 2.87. The molecule has 2 aromatic heterocycles. The quantitative estimate of drug-likeness (QED) is 0.838. The molecule has 0 spiro atoms. The lowest BCUT2D eigenvalue weighted by atomic mass is 10.5. The summed E-state index contributed by atoms with van der Waals surface area (Å²) in [5.74, 6) is 1.38. The minimum Gasteiger partial charge on any atom is -0.363 e. The third-order valence-electron chi connectivity index (χ3n) is 1.71. The molecule has 2 aromatic rings. The Bertz CT molecular complexity index is 423. The molecule has 0 fully saturated rings. The van der Waals surface area contributed by atoms with Crippen LogP contribution in [0.5, 0.6) is 0 Å². The number of aromatic nitrogens is 3. The van der Waals surface area contributed by atoms with E-state index in [1.165, 1.54) is 0 Å². The molecule has 0 aliphatic rings. The molecule has 0 saturated heterocycles. The Kier molecular flexibility index (Phi) is 3.13. The second-order valence-corrected chi connectivity index (χ2v) is 4.27. The van der Waals surface area contributed by atoms with E-state index in [-0.39, 0.29) is 0 Å². The highest BCUT2D eigenvalue weighted by Gasteiger charge is 2.00. The van der Waals surface area contributed by atoms with E-state index in [0.717, 1.165) is 10.8 Å². The summed E-state index contributed by atoms with van der Waals surface area (Å²) in [5.41, 5.74) is 0. The number of rotatable bonds is 3. The van der Waals surface area contributed by atoms with Crippen molar-refractivity contribution in [2.24, 2.45) is 0 Å². The van der Waals surface area contributed by atoms with Gasteiger partial charge >= 0.3 is 0 Å². The average molecular weight is 241 g/mol. The van der Waals surface area contributed by atoms with Crippen LogP contribution in [-0.2, 0) is 6.54 Å². The number of thiazole rings is 1. The summed E-state index contributed by atoms with van der Waals surface area (Å²) in [7, 11) is 0. The maximum Gasteiger partial charge on any atom is 0.134 e. The summed E-state index contributed by atoms with van der Waals surface area (Å²) >= 11 is 7.41. The number of hydrogen-bond donors (Lipinski definition) is 1. The van der Waals surface area contributed by atoms with Crippen molar-refractivity contribution in [1.29, 1.82) is 0 Å².